The van der Waals surface area contributed by atoms with Crippen LogP contribution >= 0.6 is 11.6 Å². The van der Waals surface area contributed by atoms with E-state index in [1.165, 1.54) is 0 Å². The number of aryl methyl sites for hydroxylation is 2. The summed E-state index contributed by atoms with van der Waals surface area (Å²) >= 11 is 6.24. The second-order valence-corrected chi connectivity index (χ2v) is 7.26. The maximum absolute atomic E-state index is 12.9. The lowest BCUT2D eigenvalue weighted by atomic mass is 10.1. The zero-order valence-electron chi connectivity index (χ0n) is 17.4. The Morgan fingerprint density at radius 1 is 1.10 bits per heavy atom. The number of anilines is 1. The first-order valence-corrected chi connectivity index (χ1v) is 10.1. The molecule has 0 aliphatic carbocycles. The third kappa shape index (κ3) is 4.52. The quantitative estimate of drug-likeness (QED) is 0.639. The summed E-state index contributed by atoms with van der Waals surface area (Å²) in [6, 6.07) is 12.1. The molecule has 3 aromatic rings. The maximum Gasteiger partial charge on any atom is 0.275 e. The van der Waals surface area contributed by atoms with Crippen molar-refractivity contribution < 1.29 is 9.59 Å². The summed E-state index contributed by atoms with van der Waals surface area (Å²) in [5, 5.41) is 7.41. The Hall–Kier alpha value is -3.19. The van der Waals surface area contributed by atoms with E-state index >= 15 is 0 Å². The minimum atomic E-state index is -0.462. The first-order chi connectivity index (χ1) is 14.3. The summed E-state index contributed by atoms with van der Waals surface area (Å²) in [4.78, 5) is 31.6. The van der Waals surface area contributed by atoms with Crippen molar-refractivity contribution in [2.24, 2.45) is 0 Å². The molecule has 7 nitrogen and oxygen atoms in total. The SMILES string of the molecule is CCN(CC)C(=O)c1cccc(NC(=O)c2nc(-n3nc(C)cc3C)ccc2Cl)c1. The third-order valence-corrected chi connectivity index (χ3v) is 5.00. The molecule has 0 saturated heterocycles. The van der Waals surface area contributed by atoms with Gasteiger partial charge in [-0.3, -0.25) is 9.59 Å². The molecule has 0 atom stereocenters. The van der Waals surface area contributed by atoms with Gasteiger partial charge < -0.3 is 10.2 Å². The first-order valence-electron chi connectivity index (χ1n) is 9.74. The van der Waals surface area contributed by atoms with Crippen LogP contribution in [0.15, 0.2) is 42.5 Å². The zero-order chi connectivity index (χ0) is 21.8. The molecule has 2 heterocycles. The van der Waals surface area contributed by atoms with Crippen molar-refractivity contribution in [3.8, 4) is 5.82 Å². The van der Waals surface area contributed by atoms with Gasteiger partial charge in [-0.2, -0.15) is 5.10 Å². The van der Waals surface area contributed by atoms with E-state index in [4.69, 9.17) is 11.6 Å². The number of carbonyl (C=O) groups excluding carboxylic acids is 2. The topological polar surface area (TPSA) is 80.1 Å². The maximum atomic E-state index is 12.9. The number of pyridine rings is 1. The molecular formula is C22H24ClN5O2. The number of carbonyl (C=O) groups is 2. The molecule has 30 heavy (non-hydrogen) atoms. The Balaban J connectivity index is 1.86. The number of amides is 2. The van der Waals surface area contributed by atoms with Crippen LogP contribution in [0.5, 0.6) is 0 Å². The van der Waals surface area contributed by atoms with Gasteiger partial charge in [0.15, 0.2) is 5.82 Å². The van der Waals surface area contributed by atoms with Crippen LogP contribution < -0.4 is 5.32 Å². The van der Waals surface area contributed by atoms with Gasteiger partial charge in [0.25, 0.3) is 11.8 Å². The van der Waals surface area contributed by atoms with Crippen LogP contribution in [0.4, 0.5) is 5.69 Å². The van der Waals surface area contributed by atoms with Crippen molar-refractivity contribution >= 4 is 29.1 Å². The van der Waals surface area contributed by atoms with Crippen LogP contribution in [0, 0.1) is 13.8 Å². The van der Waals surface area contributed by atoms with E-state index < -0.39 is 5.91 Å². The third-order valence-electron chi connectivity index (χ3n) is 4.69. The number of aromatic nitrogens is 3. The van der Waals surface area contributed by atoms with Crippen LogP contribution in [0.1, 0.15) is 46.1 Å². The molecule has 2 amide bonds. The molecule has 1 N–H and O–H groups in total. The first kappa shape index (κ1) is 21.5. The average molecular weight is 426 g/mol. The van der Waals surface area contributed by atoms with Crippen molar-refractivity contribution in [2.75, 3.05) is 18.4 Å². The smallest absolute Gasteiger partial charge is 0.275 e. The molecule has 0 aliphatic heterocycles. The molecule has 156 valence electrons. The predicted octanol–water partition coefficient (Wildman–Crippen LogP) is 4.27. The number of nitrogens with zero attached hydrogens (tertiary/aromatic N) is 4. The number of hydrogen-bond acceptors (Lipinski definition) is 4. The summed E-state index contributed by atoms with van der Waals surface area (Å²) < 4.78 is 1.66. The van der Waals surface area contributed by atoms with Crippen molar-refractivity contribution in [2.45, 2.75) is 27.7 Å². The Morgan fingerprint density at radius 2 is 1.83 bits per heavy atom. The average Bonchev–Trinajstić information content (AvgIpc) is 3.07. The van der Waals surface area contributed by atoms with Gasteiger partial charge in [-0.1, -0.05) is 17.7 Å². The molecule has 8 heteroatoms. The van der Waals surface area contributed by atoms with Crippen LogP contribution in [0.25, 0.3) is 5.82 Å². The van der Waals surface area contributed by atoms with E-state index in [1.807, 2.05) is 33.8 Å². The normalized spacial score (nSPS) is 10.7. The summed E-state index contributed by atoms with van der Waals surface area (Å²) in [7, 11) is 0. The molecule has 0 unspecified atom stereocenters. The molecule has 0 aliphatic rings. The van der Waals surface area contributed by atoms with Crippen LogP contribution in [-0.2, 0) is 0 Å². The molecule has 0 saturated carbocycles. The van der Waals surface area contributed by atoms with E-state index in [1.54, 1.807) is 46.0 Å². The van der Waals surface area contributed by atoms with Gasteiger partial charge in [-0.15, -0.1) is 0 Å². The van der Waals surface area contributed by atoms with Gasteiger partial charge in [-0.05, 0) is 64.1 Å². The second-order valence-electron chi connectivity index (χ2n) is 6.85. The van der Waals surface area contributed by atoms with Gasteiger partial charge in [0, 0.05) is 30.0 Å². The highest BCUT2D eigenvalue weighted by Crippen LogP contribution is 2.20. The fourth-order valence-corrected chi connectivity index (χ4v) is 3.37. The molecule has 3 rings (SSSR count). The van der Waals surface area contributed by atoms with Crippen LogP contribution in [0.2, 0.25) is 5.02 Å². The molecule has 0 radical (unpaired) electrons. The molecular weight excluding hydrogens is 402 g/mol. The second kappa shape index (κ2) is 9.09. The monoisotopic (exact) mass is 425 g/mol. The summed E-state index contributed by atoms with van der Waals surface area (Å²) in [6.07, 6.45) is 0. The van der Waals surface area contributed by atoms with Crippen molar-refractivity contribution in [1.82, 2.24) is 19.7 Å². The van der Waals surface area contributed by atoms with Crippen molar-refractivity contribution in [1.29, 1.82) is 0 Å². The van der Waals surface area contributed by atoms with Crippen molar-refractivity contribution in [3.63, 3.8) is 0 Å². The van der Waals surface area contributed by atoms with Crippen LogP contribution in [0.3, 0.4) is 0 Å². The minimum absolute atomic E-state index is 0.0845. The molecule has 0 spiro atoms. The van der Waals surface area contributed by atoms with Gasteiger partial charge in [0.2, 0.25) is 0 Å². The fraction of sp³-hybridized carbons (Fsp3) is 0.273. The minimum Gasteiger partial charge on any atom is -0.339 e. The number of nitrogens with one attached hydrogen (secondary N) is 1. The Kier molecular flexibility index (Phi) is 6.52. The van der Waals surface area contributed by atoms with Gasteiger partial charge in [-0.25, -0.2) is 9.67 Å². The lowest BCUT2D eigenvalue weighted by molar-refractivity contribution is 0.0772. The summed E-state index contributed by atoms with van der Waals surface area (Å²) in [6.45, 7) is 8.88. The van der Waals surface area contributed by atoms with Gasteiger partial charge in [0.05, 0.1) is 10.7 Å². The lowest BCUT2D eigenvalue weighted by Crippen LogP contribution is -2.30. The number of halogens is 1. The van der Waals surface area contributed by atoms with Gasteiger partial charge >= 0.3 is 0 Å². The summed E-state index contributed by atoms with van der Waals surface area (Å²) in [5.74, 6) is -0.0461. The van der Waals surface area contributed by atoms with E-state index in [2.05, 4.69) is 15.4 Å². The number of hydrogen-bond donors (Lipinski definition) is 1. The largest absolute Gasteiger partial charge is 0.339 e. The Morgan fingerprint density at radius 3 is 2.47 bits per heavy atom. The van der Waals surface area contributed by atoms with Crippen molar-refractivity contribution in [3.05, 3.63) is 70.1 Å². The number of rotatable bonds is 6. The van der Waals surface area contributed by atoms with E-state index in [-0.39, 0.29) is 16.6 Å². The summed E-state index contributed by atoms with van der Waals surface area (Å²) in [5.41, 5.74) is 2.84. The molecule has 1 aromatic carbocycles. The van der Waals surface area contributed by atoms with Gasteiger partial charge in [0.1, 0.15) is 5.69 Å². The number of benzene rings is 1. The Bertz CT molecular complexity index is 1090. The van der Waals surface area contributed by atoms with E-state index in [0.717, 1.165) is 11.4 Å². The molecule has 0 bridgehead atoms. The van der Waals surface area contributed by atoms with Crippen LogP contribution in [-0.4, -0.2) is 44.6 Å². The molecule has 0 fully saturated rings. The fourth-order valence-electron chi connectivity index (χ4n) is 3.18. The van der Waals surface area contributed by atoms with E-state index in [9.17, 15) is 9.59 Å². The Labute approximate surface area is 180 Å². The lowest BCUT2D eigenvalue weighted by Gasteiger charge is -2.19. The molecule has 2 aromatic heterocycles. The predicted molar refractivity (Wildman–Crippen MR) is 117 cm³/mol. The highest BCUT2D eigenvalue weighted by Gasteiger charge is 2.17. The highest BCUT2D eigenvalue weighted by atomic mass is 35.5. The zero-order valence-corrected chi connectivity index (χ0v) is 18.2. The standard InChI is InChI=1S/C22H24ClN5O2/c1-5-27(6-2)22(30)16-8-7-9-17(13-16)24-21(29)20-18(23)10-11-19(25-20)28-15(4)12-14(3)26-28/h7-13H,5-6H2,1-4H3,(H,24,29). The highest BCUT2D eigenvalue weighted by molar-refractivity contribution is 6.34. The van der Waals surface area contributed by atoms with E-state index in [0.29, 0.717) is 30.2 Å².